The first-order chi connectivity index (χ1) is 15.1. The SMILES string of the molecule is CCCCC(C(=O)Nc1cc(C)on1)N1CCN(C(=O)CCCc2ccccc2)CC1. The predicted octanol–water partition coefficient (Wildman–Crippen LogP) is 3.65. The van der Waals surface area contributed by atoms with E-state index in [4.69, 9.17) is 4.52 Å². The number of amides is 2. The van der Waals surface area contributed by atoms with E-state index in [1.807, 2.05) is 23.1 Å². The fourth-order valence-electron chi connectivity index (χ4n) is 4.04. The zero-order chi connectivity index (χ0) is 22.1. The van der Waals surface area contributed by atoms with E-state index in [1.165, 1.54) is 5.56 Å². The lowest BCUT2D eigenvalue weighted by molar-refractivity contribution is -0.134. The molecular formula is C24H34N4O3. The standard InChI is InChI=1S/C24H34N4O3/c1-3-4-12-21(24(30)25-22-18-19(2)31-26-22)27-14-16-28(17-15-27)23(29)13-8-11-20-9-6-5-7-10-20/h5-7,9-10,18,21H,3-4,8,11-17H2,1-2H3,(H,25,26,30). The van der Waals surface area contributed by atoms with Gasteiger partial charge < -0.3 is 14.7 Å². The Morgan fingerprint density at radius 2 is 1.87 bits per heavy atom. The number of nitrogens with zero attached hydrogens (tertiary/aromatic N) is 3. The Kier molecular flexibility index (Phi) is 8.64. The van der Waals surface area contributed by atoms with Crippen molar-refractivity contribution < 1.29 is 14.1 Å². The van der Waals surface area contributed by atoms with Crippen LogP contribution in [0.5, 0.6) is 0 Å². The second-order valence-corrected chi connectivity index (χ2v) is 8.23. The Hall–Kier alpha value is -2.67. The third kappa shape index (κ3) is 6.92. The summed E-state index contributed by atoms with van der Waals surface area (Å²) in [7, 11) is 0. The highest BCUT2D eigenvalue weighted by atomic mass is 16.5. The first-order valence-electron chi connectivity index (χ1n) is 11.4. The van der Waals surface area contributed by atoms with Gasteiger partial charge in [0.1, 0.15) is 5.76 Å². The van der Waals surface area contributed by atoms with Crippen molar-refractivity contribution in [3.63, 3.8) is 0 Å². The van der Waals surface area contributed by atoms with E-state index in [-0.39, 0.29) is 17.9 Å². The van der Waals surface area contributed by atoms with Crippen LogP contribution in [0.2, 0.25) is 0 Å². The first kappa shape index (κ1) is 23.0. The lowest BCUT2D eigenvalue weighted by Gasteiger charge is -2.38. The number of nitrogens with one attached hydrogen (secondary N) is 1. The van der Waals surface area contributed by atoms with E-state index in [2.05, 4.69) is 34.4 Å². The lowest BCUT2D eigenvalue weighted by atomic mass is 10.1. The van der Waals surface area contributed by atoms with Crippen LogP contribution in [0, 0.1) is 6.92 Å². The zero-order valence-corrected chi connectivity index (χ0v) is 18.7. The number of piperazine rings is 1. The molecule has 2 aromatic rings. The van der Waals surface area contributed by atoms with Crippen molar-refractivity contribution in [2.45, 2.75) is 58.4 Å². The number of unbranched alkanes of at least 4 members (excludes halogenated alkanes) is 1. The topological polar surface area (TPSA) is 78.7 Å². The molecule has 3 rings (SSSR count). The van der Waals surface area contributed by atoms with Crippen LogP contribution in [-0.2, 0) is 16.0 Å². The normalized spacial score (nSPS) is 15.6. The quantitative estimate of drug-likeness (QED) is 0.627. The Labute approximate surface area is 184 Å². The number of aryl methyl sites for hydroxylation is 2. The Balaban J connectivity index is 1.47. The van der Waals surface area contributed by atoms with Gasteiger partial charge in [0.05, 0.1) is 6.04 Å². The summed E-state index contributed by atoms with van der Waals surface area (Å²) < 4.78 is 5.05. The number of carbonyl (C=O) groups excluding carboxylic acids is 2. The van der Waals surface area contributed by atoms with Crippen molar-refractivity contribution in [3.05, 3.63) is 47.7 Å². The molecule has 1 saturated heterocycles. The van der Waals surface area contributed by atoms with Crippen molar-refractivity contribution in [3.8, 4) is 0 Å². The molecule has 1 aliphatic rings. The minimum Gasteiger partial charge on any atom is -0.360 e. The van der Waals surface area contributed by atoms with E-state index in [9.17, 15) is 9.59 Å². The van der Waals surface area contributed by atoms with Crippen LogP contribution in [-0.4, -0.2) is 59.0 Å². The van der Waals surface area contributed by atoms with Crippen molar-refractivity contribution >= 4 is 17.6 Å². The molecule has 0 radical (unpaired) electrons. The number of benzene rings is 1. The molecule has 2 heterocycles. The highest BCUT2D eigenvalue weighted by Gasteiger charge is 2.30. The van der Waals surface area contributed by atoms with Gasteiger partial charge in [-0.05, 0) is 31.7 Å². The molecule has 0 bridgehead atoms. The Morgan fingerprint density at radius 3 is 2.52 bits per heavy atom. The summed E-state index contributed by atoms with van der Waals surface area (Å²) in [5.74, 6) is 1.28. The van der Waals surface area contributed by atoms with Gasteiger partial charge in [0.2, 0.25) is 11.8 Å². The molecule has 1 atom stereocenters. The van der Waals surface area contributed by atoms with E-state index in [0.29, 0.717) is 44.2 Å². The number of carbonyl (C=O) groups is 2. The summed E-state index contributed by atoms with van der Waals surface area (Å²) in [4.78, 5) is 29.7. The Bertz CT molecular complexity index is 828. The number of aromatic nitrogens is 1. The predicted molar refractivity (Wildman–Crippen MR) is 121 cm³/mol. The molecule has 1 aliphatic heterocycles. The minimum atomic E-state index is -0.215. The number of hydrogen-bond donors (Lipinski definition) is 1. The molecule has 1 unspecified atom stereocenters. The van der Waals surface area contributed by atoms with Crippen LogP contribution in [0.4, 0.5) is 5.82 Å². The van der Waals surface area contributed by atoms with Crippen LogP contribution in [0.3, 0.4) is 0 Å². The molecule has 0 spiro atoms. The molecule has 1 aromatic heterocycles. The summed E-state index contributed by atoms with van der Waals surface area (Å²) in [5.41, 5.74) is 1.27. The van der Waals surface area contributed by atoms with E-state index in [1.54, 1.807) is 13.0 Å². The van der Waals surface area contributed by atoms with Crippen LogP contribution in [0.25, 0.3) is 0 Å². The van der Waals surface area contributed by atoms with E-state index < -0.39 is 0 Å². The number of rotatable bonds is 10. The molecule has 0 aliphatic carbocycles. The molecule has 31 heavy (non-hydrogen) atoms. The van der Waals surface area contributed by atoms with E-state index in [0.717, 1.165) is 32.1 Å². The highest BCUT2D eigenvalue weighted by molar-refractivity contribution is 5.94. The minimum absolute atomic E-state index is 0.0515. The third-order valence-corrected chi connectivity index (χ3v) is 5.82. The molecule has 1 aromatic carbocycles. The first-order valence-corrected chi connectivity index (χ1v) is 11.4. The number of hydrogen-bond acceptors (Lipinski definition) is 5. The van der Waals surface area contributed by atoms with Gasteiger partial charge in [-0.1, -0.05) is 55.3 Å². The molecule has 168 valence electrons. The van der Waals surface area contributed by atoms with Gasteiger partial charge >= 0.3 is 0 Å². The van der Waals surface area contributed by atoms with Crippen molar-refractivity contribution in [2.75, 3.05) is 31.5 Å². The van der Waals surface area contributed by atoms with Crippen molar-refractivity contribution in [1.29, 1.82) is 0 Å². The molecule has 7 nitrogen and oxygen atoms in total. The van der Waals surface area contributed by atoms with Crippen LogP contribution in [0.15, 0.2) is 40.9 Å². The maximum Gasteiger partial charge on any atom is 0.242 e. The van der Waals surface area contributed by atoms with Crippen LogP contribution in [0.1, 0.15) is 50.4 Å². The Morgan fingerprint density at radius 1 is 1.13 bits per heavy atom. The van der Waals surface area contributed by atoms with Gasteiger partial charge in [0.15, 0.2) is 5.82 Å². The summed E-state index contributed by atoms with van der Waals surface area (Å²) >= 11 is 0. The highest BCUT2D eigenvalue weighted by Crippen LogP contribution is 2.17. The molecule has 7 heteroatoms. The lowest BCUT2D eigenvalue weighted by Crippen LogP contribution is -2.55. The molecular weight excluding hydrogens is 392 g/mol. The summed E-state index contributed by atoms with van der Waals surface area (Å²) in [6.07, 6.45) is 5.17. The molecule has 0 saturated carbocycles. The molecule has 1 fully saturated rings. The van der Waals surface area contributed by atoms with Gasteiger partial charge in [-0.25, -0.2) is 0 Å². The zero-order valence-electron chi connectivity index (χ0n) is 18.7. The van der Waals surface area contributed by atoms with Crippen LogP contribution < -0.4 is 5.32 Å². The average Bonchev–Trinajstić information content (AvgIpc) is 3.19. The van der Waals surface area contributed by atoms with Crippen molar-refractivity contribution in [1.82, 2.24) is 15.0 Å². The summed E-state index contributed by atoms with van der Waals surface area (Å²) in [5, 5.41) is 6.75. The van der Waals surface area contributed by atoms with Crippen LogP contribution >= 0.6 is 0 Å². The molecule has 1 N–H and O–H groups in total. The largest absolute Gasteiger partial charge is 0.360 e. The summed E-state index contributed by atoms with van der Waals surface area (Å²) in [6, 6.07) is 11.8. The second-order valence-electron chi connectivity index (χ2n) is 8.23. The van der Waals surface area contributed by atoms with Gasteiger partial charge in [-0.3, -0.25) is 14.5 Å². The van der Waals surface area contributed by atoms with Gasteiger partial charge in [-0.15, -0.1) is 0 Å². The number of anilines is 1. The van der Waals surface area contributed by atoms with Gasteiger partial charge in [-0.2, -0.15) is 0 Å². The van der Waals surface area contributed by atoms with Gasteiger partial charge in [0, 0.05) is 38.7 Å². The van der Waals surface area contributed by atoms with E-state index >= 15 is 0 Å². The summed E-state index contributed by atoms with van der Waals surface area (Å²) in [6.45, 7) is 6.69. The maximum atomic E-state index is 12.9. The molecule has 2 amide bonds. The monoisotopic (exact) mass is 426 g/mol. The fourth-order valence-corrected chi connectivity index (χ4v) is 4.04. The fraction of sp³-hybridized carbons (Fsp3) is 0.542. The second kappa shape index (κ2) is 11.6. The average molecular weight is 427 g/mol. The third-order valence-electron chi connectivity index (χ3n) is 5.82. The maximum absolute atomic E-state index is 12.9. The van der Waals surface area contributed by atoms with Crippen molar-refractivity contribution in [2.24, 2.45) is 0 Å². The van der Waals surface area contributed by atoms with Gasteiger partial charge in [0.25, 0.3) is 0 Å². The smallest absolute Gasteiger partial charge is 0.242 e.